The number of hydrogen-bond acceptors (Lipinski definition) is 5. The van der Waals surface area contributed by atoms with E-state index in [4.69, 9.17) is 4.74 Å². The van der Waals surface area contributed by atoms with Gasteiger partial charge in [0.2, 0.25) is 0 Å². The number of carbonyl (C=O) groups is 4. The molecular weight excluding hydrogens is 345 g/mol. The number of rotatable bonds is 6. The fraction of sp³-hybridized carbons (Fsp3) is 0.412. The Morgan fingerprint density at radius 3 is 2.42 bits per heavy atom. The third kappa shape index (κ3) is 4.56. The van der Waals surface area contributed by atoms with Gasteiger partial charge in [0.25, 0.3) is 11.8 Å². The molecule has 1 aromatic carbocycles. The van der Waals surface area contributed by atoms with Gasteiger partial charge in [0, 0.05) is 12.2 Å². The van der Waals surface area contributed by atoms with Crippen molar-refractivity contribution in [1.82, 2.24) is 10.2 Å². The molecule has 1 aromatic rings. The molecule has 1 atom stereocenters. The average molecular weight is 365 g/mol. The van der Waals surface area contributed by atoms with Crippen LogP contribution in [0.5, 0.6) is 0 Å². The third-order valence-electron chi connectivity index (χ3n) is 3.77. The molecule has 2 N–H and O–H groups in total. The van der Waals surface area contributed by atoms with Crippen molar-refractivity contribution >= 4 is 29.5 Å². The standard InChI is InChI=1S/C17H20FN3O5/c1-10(14(23)19-12-6-4-11(18)5-7-12)26-13(22)8-9-21-15(24)17(2,3)20-16(21)25/h4-7,10H,8-9H2,1-3H3,(H,19,23)(H,20,25)/t10-/m1/s1. The molecule has 1 fully saturated rings. The molecule has 26 heavy (non-hydrogen) atoms. The predicted molar refractivity (Wildman–Crippen MR) is 89.5 cm³/mol. The lowest BCUT2D eigenvalue weighted by atomic mass is 10.1. The minimum Gasteiger partial charge on any atom is -0.452 e. The van der Waals surface area contributed by atoms with Crippen molar-refractivity contribution in [2.24, 2.45) is 0 Å². The van der Waals surface area contributed by atoms with Crippen LogP contribution in [0.3, 0.4) is 0 Å². The molecule has 0 aliphatic carbocycles. The number of urea groups is 1. The van der Waals surface area contributed by atoms with Crippen LogP contribution >= 0.6 is 0 Å². The number of hydrogen-bond donors (Lipinski definition) is 2. The van der Waals surface area contributed by atoms with Crippen LogP contribution in [-0.4, -0.2) is 46.9 Å². The number of benzene rings is 1. The third-order valence-corrected chi connectivity index (χ3v) is 3.77. The largest absolute Gasteiger partial charge is 0.452 e. The summed E-state index contributed by atoms with van der Waals surface area (Å²) in [6.45, 7) is 4.37. The Bertz CT molecular complexity index is 732. The molecule has 140 valence electrons. The number of amides is 4. The zero-order chi connectivity index (χ0) is 19.5. The minimum atomic E-state index is -1.09. The van der Waals surface area contributed by atoms with E-state index in [9.17, 15) is 23.6 Å². The van der Waals surface area contributed by atoms with Crippen LogP contribution in [0.1, 0.15) is 27.2 Å². The molecule has 0 aromatic heterocycles. The van der Waals surface area contributed by atoms with Crippen molar-refractivity contribution in [2.45, 2.75) is 38.8 Å². The maximum Gasteiger partial charge on any atom is 0.325 e. The number of nitrogens with zero attached hydrogens (tertiary/aromatic N) is 1. The highest BCUT2D eigenvalue weighted by atomic mass is 19.1. The SMILES string of the molecule is C[C@@H](OC(=O)CCN1C(=O)NC(C)(C)C1=O)C(=O)Nc1ccc(F)cc1. The number of anilines is 1. The van der Waals surface area contributed by atoms with Crippen molar-refractivity contribution in [1.29, 1.82) is 0 Å². The van der Waals surface area contributed by atoms with E-state index < -0.39 is 41.3 Å². The summed E-state index contributed by atoms with van der Waals surface area (Å²) in [6.07, 6.45) is -1.32. The first kappa shape index (κ1) is 19.4. The summed E-state index contributed by atoms with van der Waals surface area (Å²) in [4.78, 5) is 48.5. The zero-order valence-corrected chi connectivity index (χ0v) is 14.7. The Morgan fingerprint density at radius 1 is 1.27 bits per heavy atom. The molecule has 1 saturated heterocycles. The van der Waals surface area contributed by atoms with E-state index in [2.05, 4.69) is 10.6 Å². The Morgan fingerprint density at radius 2 is 1.88 bits per heavy atom. The summed E-state index contributed by atoms with van der Waals surface area (Å²) in [7, 11) is 0. The quantitative estimate of drug-likeness (QED) is 0.586. The van der Waals surface area contributed by atoms with Gasteiger partial charge >= 0.3 is 12.0 Å². The molecule has 9 heteroatoms. The summed E-state index contributed by atoms with van der Waals surface area (Å²) in [6, 6.07) is 4.55. The molecule has 8 nitrogen and oxygen atoms in total. The van der Waals surface area contributed by atoms with Crippen LogP contribution in [0.25, 0.3) is 0 Å². The first-order valence-corrected chi connectivity index (χ1v) is 8.00. The molecule has 1 aliphatic heterocycles. The first-order chi connectivity index (χ1) is 12.1. The lowest BCUT2D eigenvalue weighted by Gasteiger charge is -2.17. The first-order valence-electron chi connectivity index (χ1n) is 8.00. The smallest absolute Gasteiger partial charge is 0.325 e. The summed E-state index contributed by atoms with van der Waals surface area (Å²) >= 11 is 0. The lowest BCUT2D eigenvalue weighted by molar-refractivity contribution is -0.153. The number of nitrogens with one attached hydrogen (secondary N) is 2. The number of ether oxygens (including phenoxy) is 1. The molecule has 1 heterocycles. The topological polar surface area (TPSA) is 105 Å². The molecule has 1 aliphatic rings. The van der Waals surface area contributed by atoms with Gasteiger partial charge in [-0.3, -0.25) is 19.3 Å². The maximum absolute atomic E-state index is 12.8. The van der Waals surface area contributed by atoms with Gasteiger partial charge in [0.05, 0.1) is 6.42 Å². The van der Waals surface area contributed by atoms with Crippen molar-refractivity contribution in [3.63, 3.8) is 0 Å². The van der Waals surface area contributed by atoms with Gasteiger partial charge in [0.1, 0.15) is 11.4 Å². The van der Waals surface area contributed by atoms with E-state index in [0.29, 0.717) is 5.69 Å². The van der Waals surface area contributed by atoms with E-state index in [1.807, 2.05) is 0 Å². The second kappa shape index (κ2) is 7.51. The van der Waals surface area contributed by atoms with Gasteiger partial charge in [0.15, 0.2) is 6.10 Å². The van der Waals surface area contributed by atoms with E-state index in [0.717, 1.165) is 4.90 Å². The van der Waals surface area contributed by atoms with Gasteiger partial charge in [-0.1, -0.05) is 0 Å². The highest BCUT2D eigenvalue weighted by Gasteiger charge is 2.44. The molecular formula is C17H20FN3O5. The number of imide groups is 1. The zero-order valence-electron chi connectivity index (χ0n) is 14.7. The molecule has 4 amide bonds. The molecule has 0 radical (unpaired) electrons. The normalized spacial score (nSPS) is 16.8. The summed E-state index contributed by atoms with van der Waals surface area (Å²) in [5.74, 6) is -2.18. The highest BCUT2D eigenvalue weighted by Crippen LogP contribution is 2.17. The summed E-state index contributed by atoms with van der Waals surface area (Å²) in [5.41, 5.74) is -0.649. The van der Waals surface area contributed by atoms with Crippen LogP contribution in [0.2, 0.25) is 0 Å². The molecule has 0 spiro atoms. The van der Waals surface area contributed by atoms with Crippen LogP contribution in [0.15, 0.2) is 24.3 Å². The van der Waals surface area contributed by atoms with Crippen LogP contribution < -0.4 is 10.6 Å². The Labute approximate surface area is 149 Å². The number of carbonyl (C=O) groups excluding carboxylic acids is 4. The second-order valence-corrected chi connectivity index (χ2v) is 6.39. The molecule has 2 rings (SSSR count). The minimum absolute atomic E-state index is 0.140. The van der Waals surface area contributed by atoms with Gasteiger partial charge in [-0.2, -0.15) is 0 Å². The van der Waals surface area contributed by atoms with Crippen LogP contribution in [0.4, 0.5) is 14.9 Å². The Hall–Kier alpha value is -2.97. The fourth-order valence-electron chi connectivity index (χ4n) is 2.31. The van der Waals surface area contributed by atoms with E-state index in [-0.39, 0.29) is 13.0 Å². The van der Waals surface area contributed by atoms with Crippen molar-refractivity contribution < 1.29 is 28.3 Å². The second-order valence-electron chi connectivity index (χ2n) is 6.39. The molecule has 0 unspecified atom stereocenters. The van der Waals surface area contributed by atoms with Crippen molar-refractivity contribution in [3.8, 4) is 0 Å². The molecule has 0 bridgehead atoms. The van der Waals surface area contributed by atoms with Gasteiger partial charge in [-0.25, -0.2) is 9.18 Å². The monoisotopic (exact) mass is 365 g/mol. The van der Waals surface area contributed by atoms with Gasteiger partial charge in [-0.05, 0) is 45.0 Å². The Balaban J connectivity index is 1.81. The van der Waals surface area contributed by atoms with Gasteiger partial charge < -0.3 is 15.4 Å². The number of halogens is 1. The highest BCUT2D eigenvalue weighted by molar-refractivity contribution is 6.06. The van der Waals surface area contributed by atoms with E-state index >= 15 is 0 Å². The van der Waals surface area contributed by atoms with Crippen molar-refractivity contribution in [2.75, 3.05) is 11.9 Å². The van der Waals surface area contributed by atoms with Crippen LogP contribution in [0, 0.1) is 5.82 Å². The van der Waals surface area contributed by atoms with Crippen LogP contribution in [-0.2, 0) is 19.1 Å². The number of esters is 1. The summed E-state index contributed by atoms with van der Waals surface area (Å²) in [5, 5.41) is 4.99. The molecule has 0 saturated carbocycles. The average Bonchev–Trinajstić information content (AvgIpc) is 2.75. The fourth-order valence-corrected chi connectivity index (χ4v) is 2.31. The predicted octanol–water partition coefficient (Wildman–Crippen LogP) is 1.42. The Kier molecular flexibility index (Phi) is 5.59. The van der Waals surface area contributed by atoms with Crippen molar-refractivity contribution in [3.05, 3.63) is 30.1 Å². The van der Waals surface area contributed by atoms with E-state index in [1.165, 1.54) is 31.2 Å². The van der Waals surface area contributed by atoms with Gasteiger partial charge in [-0.15, -0.1) is 0 Å². The maximum atomic E-state index is 12.8. The lowest BCUT2D eigenvalue weighted by Crippen LogP contribution is -2.40. The summed E-state index contributed by atoms with van der Waals surface area (Å²) < 4.78 is 17.8. The van der Waals surface area contributed by atoms with E-state index in [1.54, 1.807) is 13.8 Å².